The normalized spacial score (nSPS) is 11.2. The molecule has 0 spiro atoms. The summed E-state index contributed by atoms with van der Waals surface area (Å²) in [5, 5.41) is 0. The second kappa shape index (κ2) is 4.97. The van der Waals surface area contributed by atoms with Gasteiger partial charge < -0.3 is 10.7 Å². The number of primary amides is 1. The van der Waals surface area contributed by atoms with Crippen molar-refractivity contribution in [2.45, 2.75) is 0 Å². The SMILES string of the molecule is NC(=O)/C=C/c1c[nH]c2ncc(-c3ccccc3)nc12. The molecule has 1 amide bonds. The number of carbonyl (C=O) groups is 1. The fourth-order valence-electron chi connectivity index (χ4n) is 1.96. The summed E-state index contributed by atoms with van der Waals surface area (Å²) in [6.07, 6.45) is 6.40. The molecule has 0 atom stereocenters. The van der Waals surface area contributed by atoms with Crippen molar-refractivity contribution in [3.8, 4) is 11.3 Å². The van der Waals surface area contributed by atoms with E-state index in [9.17, 15) is 4.79 Å². The van der Waals surface area contributed by atoms with Gasteiger partial charge in [-0.1, -0.05) is 30.3 Å². The first kappa shape index (κ1) is 12.1. The average Bonchev–Trinajstić information content (AvgIpc) is 2.88. The van der Waals surface area contributed by atoms with Gasteiger partial charge in [-0.2, -0.15) is 0 Å². The van der Waals surface area contributed by atoms with Crippen LogP contribution in [0.4, 0.5) is 0 Å². The van der Waals surface area contributed by atoms with Crippen LogP contribution in [0.1, 0.15) is 5.56 Å². The summed E-state index contributed by atoms with van der Waals surface area (Å²) in [4.78, 5) is 22.7. The van der Waals surface area contributed by atoms with Crippen LogP contribution in [0.25, 0.3) is 28.5 Å². The number of rotatable bonds is 3. The highest BCUT2D eigenvalue weighted by Gasteiger charge is 2.07. The van der Waals surface area contributed by atoms with E-state index in [0.717, 1.165) is 16.8 Å². The zero-order valence-electron chi connectivity index (χ0n) is 10.6. The maximum Gasteiger partial charge on any atom is 0.241 e. The lowest BCUT2D eigenvalue weighted by molar-refractivity contribution is -0.113. The molecular formula is C15H12N4O. The van der Waals surface area contributed by atoms with Crippen LogP contribution >= 0.6 is 0 Å². The summed E-state index contributed by atoms with van der Waals surface area (Å²) in [6.45, 7) is 0. The van der Waals surface area contributed by atoms with Crippen LogP contribution in [0.2, 0.25) is 0 Å². The first-order chi connectivity index (χ1) is 9.74. The molecule has 3 aromatic rings. The molecular weight excluding hydrogens is 252 g/mol. The highest BCUT2D eigenvalue weighted by molar-refractivity contribution is 5.93. The minimum Gasteiger partial charge on any atom is -0.366 e. The standard InChI is InChI=1S/C15H12N4O/c16-13(20)7-6-11-8-17-15-14(11)19-12(9-18-15)10-4-2-1-3-5-10/h1-9H,(H2,16,20)(H,17,18)/b7-6+. The van der Waals surface area contributed by atoms with Crippen LogP contribution in [-0.2, 0) is 4.79 Å². The summed E-state index contributed by atoms with van der Waals surface area (Å²) < 4.78 is 0. The molecule has 0 fully saturated rings. The predicted octanol–water partition coefficient (Wildman–Crippen LogP) is 2.12. The average molecular weight is 264 g/mol. The predicted molar refractivity (Wildman–Crippen MR) is 77.6 cm³/mol. The number of H-pyrrole nitrogens is 1. The second-order valence-electron chi connectivity index (χ2n) is 4.30. The van der Waals surface area contributed by atoms with Crippen molar-refractivity contribution < 1.29 is 4.79 Å². The van der Waals surface area contributed by atoms with Crippen molar-refractivity contribution >= 4 is 23.1 Å². The van der Waals surface area contributed by atoms with E-state index in [1.165, 1.54) is 6.08 Å². The number of hydrogen-bond donors (Lipinski definition) is 2. The first-order valence-corrected chi connectivity index (χ1v) is 6.11. The molecule has 5 heteroatoms. The lowest BCUT2D eigenvalue weighted by Gasteiger charge is -2.00. The largest absolute Gasteiger partial charge is 0.366 e. The molecule has 0 aliphatic rings. The Balaban J connectivity index is 2.10. The highest BCUT2D eigenvalue weighted by Crippen LogP contribution is 2.21. The summed E-state index contributed by atoms with van der Waals surface area (Å²) >= 11 is 0. The molecule has 0 aliphatic heterocycles. The Kier molecular flexibility index (Phi) is 3.01. The molecule has 2 heterocycles. The number of benzene rings is 1. The van der Waals surface area contributed by atoms with E-state index in [0.29, 0.717) is 11.2 Å². The third kappa shape index (κ3) is 2.29. The number of aromatic amines is 1. The van der Waals surface area contributed by atoms with E-state index in [1.54, 1.807) is 18.5 Å². The first-order valence-electron chi connectivity index (χ1n) is 6.11. The van der Waals surface area contributed by atoms with Gasteiger partial charge >= 0.3 is 0 Å². The van der Waals surface area contributed by atoms with Gasteiger partial charge in [0.05, 0.1) is 11.9 Å². The van der Waals surface area contributed by atoms with E-state index in [2.05, 4.69) is 15.0 Å². The molecule has 0 bridgehead atoms. The number of nitrogens with zero attached hydrogens (tertiary/aromatic N) is 2. The fraction of sp³-hybridized carbons (Fsp3) is 0. The van der Waals surface area contributed by atoms with Gasteiger partial charge in [0.1, 0.15) is 5.52 Å². The smallest absolute Gasteiger partial charge is 0.241 e. The number of hydrogen-bond acceptors (Lipinski definition) is 3. The lowest BCUT2D eigenvalue weighted by Crippen LogP contribution is -2.05. The molecule has 0 aliphatic carbocycles. The Hall–Kier alpha value is -2.95. The number of aromatic nitrogens is 3. The maximum absolute atomic E-state index is 10.8. The topological polar surface area (TPSA) is 84.7 Å². The van der Waals surface area contributed by atoms with Gasteiger partial charge in [-0.15, -0.1) is 0 Å². The quantitative estimate of drug-likeness (QED) is 0.710. The van der Waals surface area contributed by atoms with Crippen LogP contribution in [0.15, 0.2) is 48.8 Å². The second-order valence-corrected chi connectivity index (χ2v) is 4.30. The Bertz CT molecular complexity index is 790. The van der Waals surface area contributed by atoms with Crippen LogP contribution in [0.5, 0.6) is 0 Å². The van der Waals surface area contributed by atoms with Crippen LogP contribution in [0, 0.1) is 0 Å². The summed E-state index contributed by atoms with van der Waals surface area (Å²) in [5.74, 6) is -0.494. The van der Waals surface area contributed by atoms with Gasteiger partial charge in [0.15, 0.2) is 5.65 Å². The van der Waals surface area contributed by atoms with Crippen LogP contribution in [-0.4, -0.2) is 20.9 Å². The molecule has 20 heavy (non-hydrogen) atoms. The Morgan fingerprint density at radius 2 is 2.05 bits per heavy atom. The Morgan fingerprint density at radius 3 is 2.80 bits per heavy atom. The van der Waals surface area contributed by atoms with Crippen molar-refractivity contribution in [3.63, 3.8) is 0 Å². The van der Waals surface area contributed by atoms with Gasteiger partial charge in [-0.05, 0) is 6.08 Å². The molecule has 5 nitrogen and oxygen atoms in total. The van der Waals surface area contributed by atoms with Gasteiger partial charge in [0.25, 0.3) is 0 Å². The highest BCUT2D eigenvalue weighted by atomic mass is 16.1. The number of nitrogens with two attached hydrogens (primary N) is 1. The van der Waals surface area contributed by atoms with Gasteiger partial charge in [0.2, 0.25) is 5.91 Å². The maximum atomic E-state index is 10.8. The monoisotopic (exact) mass is 264 g/mol. The zero-order valence-corrected chi connectivity index (χ0v) is 10.6. The zero-order chi connectivity index (χ0) is 13.9. The Morgan fingerprint density at radius 1 is 1.25 bits per heavy atom. The Labute approximate surface area is 115 Å². The van der Waals surface area contributed by atoms with Gasteiger partial charge in [-0.25, -0.2) is 9.97 Å². The van der Waals surface area contributed by atoms with Gasteiger partial charge in [-0.3, -0.25) is 4.79 Å². The number of fused-ring (bicyclic) bond motifs is 1. The van der Waals surface area contributed by atoms with Crippen molar-refractivity contribution in [3.05, 3.63) is 54.4 Å². The fourth-order valence-corrected chi connectivity index (χ4v) is 1.96. The number of amides is 1. The molecule has 98 valence electrons. The summed E-state index contributed by atoms with van der Waals surface area (Å²) in [6, 6.07) is 9.80. The molecule has 3 rings (SSSR count). The van der Waals surface area contributed by atoms with Crippen molar-refractivity contribution in [2.24, 2.45) is 5.73 Å². The minimum absolute atomic E-state index is 0.494. The van der Waals surface area contributed by atoms with Crippen molar-refractivity contribution in [1.29, 1.82) is 0 Å². The van der Waals surface area contributed by atoms with Crippen molar-refractivity contribution in [2.75, 3.05) is 0 Å². The molecule has 0 saturated heterocycles. The summed E-state index contributed by atoms with van der Waals surface area (Å²) in [5.41, 5.74) is 9.05. The molecule has 0 saturated carbocycles. The molecule has 3 N–H and O–H groups in total. The molecule has 0 unspecified atom stereocenters. The third-order valence-electron chi connectivity index (χ3n) is 2.91. The molecule has 1 aromatic carbocycles. The van der Waals surface area contributed by atoms with Crippen LogP contribution < -0.4 is 5.73 Å². The lowest BCUT2D eigenvalue weighted by atomic mass is 10.1. The van der Waals surface area contributed by atoms with E-state index < -0.39 is 5.91 Å². The molecule has 0 radical (unpaired) electrons. The summed E-state index contributed by atoms with van der Waals surface area (Å²) in [7, 11) is 0. The third-order valence-corrected chi connectivity index (χ3v) is 2.91. The van der Waals surface area contributed by atoms with Gasteiger partial charge in [0, 0.05) is 23.4 Å². The molecule has 2 aromatic heterocycles. The van der Waals surface area contributed by atoms with Crippen LogP contribution in [0.3, 0.4) is 0 Å². The van der Waals surface area contributed by atoms with E-state index in [1.807, 2.05) is 30.3 Å². The number of nitrogens with one attached hydrogen (secondary N) is 1. The van der Waals surface area contributed by atoms with E-state index >= 15 is 0 Å². The minimum atomic E-state index is -0.494. The van der Waals surface area contributed by atoms with E-state index in [-0.39, 0.29) is 0 Å². The number of carbonyl (C=O) groups excluding carboxylic acids is 1. The van der Waals surface area contributed by atoms with E-state index in [4.69, 9.17) is 5.73 Å². The van der Waals surface area contributed by atoms with Crippen molar-refractivity contribution in [1.82, 2.24) is 15.0 Å².